The number of methoxy groups -OCH3 is 1. The summed E-state index contributed by atoms with van der Waals surface area (Å²) in [7, 11) is -1.95. The lowest BCUT2D eigenvalue weighted by Crippen LogP contribution is -2.14. The number of hydrogen-bond donors (Lipinski definition) is 1. The molecule has 1 amide bonds. The number of rotatable bonds is 8. The molecule has 4 rings (SSSR count). The van der Waals surface area contributed by atoms with E-state index in [0.717, 1.165) is 11.1 Å². The number of sulfone groups is 1. The summed E-state index contributed by atoms with van der Waals surface area (Å²) in [4.78, 5) is 17.0. The van der Waals surface area contributed by atoms with E-state index in [0.29, 0.717) is 22.9 Å². The van der Waals surface area contributed by atoms with Crippen molar-refractivity contribution in [2.75, 3.05) is 18.2 Å². The van der Waals surface area contributed by atoms with Crippen molar-refractivity contribution >= 4 is 32.5 Å². The van der Waals surface area contributed by atoms with Crippen molar-refractivity contribution < 1.29 is 22.4 Å². The number of para-hydroxylation sites is 2. The molecule has 0 spiro atoms. The molecular weight excluding hydrogens is 428 g/mol. The highest BCUT2D eigenvalue weighted by Gasteiger charge is 2.15. The topological polar surface area (TPSA) is 98.5 Å². The number of anilines is 1. The summed E-state index contributed by atoms with van der Waals surface area (Å²) in [5.74, 6) is 0.677. The summed E-state index contributed by atoms with van der Waals surface area (Å²) in [6, 6.07) is 20.9. The highest BCUT2D eigenvalue weighted by molar-refractivity contribution is 7.91. The summed E-state index contributed by atoms with van der Waals surface area (Å²) < 4.78 is 35.7. The van der Waals surface area contributed by atoms with Crippen LogP contribution in [0.4, 0.5) is 5.69 Å². The van der Waals surface area contributed by atoms with Crippen molar-refractivity contribution in [3.8, 4) is 17.2 Å². The molecule has 0 saturated carbocycles. The average Bonchev–Trinajstić information content (AvgIpc) is 3.24. The van der Waals surface area contributed by atoms with E-state index < -0.39 is 9.84 Å². The first kappa shape index (κ1) is 21.6. The van der Waals surface area contributed by atoms with E-state index in [1.165, 1.54) is 19.2 Å². The molecule has 4 aromatic rings. The zero-order chi connectivity index (χ0) is 22.6. The van der Waals surface area contributed by atoms with E-state index in [-0.39, 0.29) is 29.4 Å². The van der Waals surface area contributed by atoms with Crippen LogP contribution in [0.2, 0.25) is 0 Å². The van der Waals surface area contributed by atoms with Gasteiger partial charge in [-0.25, -0.2) is 13.4 Å². The molecule has 0 bridgehead atoms. The fraction of sp³-hybridized carbons (Fsp3) is 0.167. The molecule has 1 heterocycles. The number of nitrogens with one attached hydrogen (secondary N) is 1. The Balaban J connectivity index is 1.35. The van der Waals surface area contributed by atoms with Crippen molar-refractivity contribution in [3.63, 3.8) is 0 Å². The van der Waals surface area contributed by atoms with Gasteiger partial charge < -0.3 is 14.5 Å². The van der Waals surface area contributed by atoms with Crippen LogP contribution in [-0.4, -0.2) is 32.2 Å². The summed E-state index contributed by atoms with van der Waals surface area (Å²) in [5.41, 5.74) is 2.78. The molecule has 1 aromatic heterocycles. The van der Waals surface area contributed by atoms with E-state index in [2.05, 4.69) is 10.3 Å². The van der Waals surface area contributed by atoms with Gasteiger partial charge in [-0.05, 0) is 61.0 Å². The van der Waals surface area contributed by atoms with Gasteiger partial charge in [-0.3, -0.25) is 4.79 Å². The number of aromatic nitrogens is 1. The number of oxazole rings is 1. The standard InChI is InChI=1S/C24H22N2O5S/c1-30-19-11-13-20(14-12-19)32(28,29)15-5-10-23(27)25-18-7-4-6-17(16-18)24-26-21-8-2-3-9-22(21)31-24/h2-4,6-9,11-14,16H,5,10,15H2,1H3,(H,25,27). The van der Waals surface area contributed by atoms with Crippen LogP contribution in [0.3, 0.4) is 0 Å². The third-order valence-electron chi connectivity index (χ3n) is 4.92. The highest BCUT2D eigenvalue weighted by atomic mass is 32.2. The van der Waals surface area contributed by atoms with E-state index in [4.69, 9.17) is 9.15 Å². The molecule has 0 saturated heterocycles. The second-order valence-corrected chi connectivity index (χ2v) is 9.32. The van der Waals surface area contributed by atoms with Crippen LogP contribution in [-0.2, 0) is 14.6 Å². The number of fused-ring (bicyclic) bond motifs is 1. The van der Waals surface area contributed by atoms with Gasteiger partial charge >= 0.3 is 0 Å². The Bertz CT molecular complexity index is 1310. The van der Waals surface area contributed by atoms with Crippen molar-refractivity contribution in [3.05, 3.63) is 72.8 Å². The van der Waals surface area contributed by atoms with Crippen LogP contribution in [0.25, 0.3) is 22.6 Å². The predicted molar refractivity (Wildman–Crippen MR) is 122 cm³/mol. The number of carbonyl (C=O) groups excluding carboxylic acids is 1. The van der Waals surface area contributed by atoms with E-state index >= 15 is 0 Å². The zero-order valence-electron chi connectivity index (χ0n) is 17.4. The Labute approximate surface area is 186 Å². The number of hydrogen-bond acceptors (Lipinski definition) is 6. The quantitative estimate of drug-likeness (QED) is 0.418. The summed E-state index contributed by atoms with van der Waals surface area (Å²) in [6.45, 7) is 0. The van der Waals surface area contributed by atoms with Crippen LogP contribution >= 0.6 is 0 Å². The minimum atomic E-state index is -3.47. The fourth-order valence-corrected chi connectivity index (χ4v) is 4.58. The third kappa shape index (κ3) is 4.97. The lowest BCUT2D eigenvalue weighted by Gasteiger charge is -2.08. The van der Waals surface area contributed by atoms with Crippen LogP contribution in [0, 0.1) is 0 Å². The van der Waals surface area contributed by atoms with E-state index in [9.17, 15) is 13.2 Å². The minimum absolute atomic E-state index is 0.0858. The highest BCUT2D eigenvalue weighted by Crippen LogP contribution is 2.26. The Morgan fingerprint density at radius 1 is 1.03 bits per heavy atom. The maximum absolute atomic E-state index is 12.5. The first-order valence-electron chi connectivity index (χ1n) is 10.1. The molecule has 0 fully saturated rings. The first-order chi connectivity index (χ1) is 15.4. The molecule has 0 atom stereocenters. The molecule has 164 valence electrons. The van der Waals surface area contributed by atoms with Crippen LogP contribution in [0.15, 0.2) is 82.1 Å². The van der Waals surface area contributed by atoms with E-state index in [1.54, 1.807) is 30.3 Å². The van der Waals surface area contributed by atoms with Gasteiger partial charge in [0.2, 0.25) is 11.8 Å². The maximum atomic E-state index is 12.5. The van der Waals surface area contributed by atoms with Gasteiger partial charge in [0.25, 0.3) is 0 Å². The van der Waals surface area contributed by atoms with Crippen LogP contribution in [0.5, 0.6) is 5.75 Å². The molecule has 32 heavy (non-hydrogen) atoms. The normalized spacial score (nSPS) is 11.4. The van der Waals surface area contributed by atoms with Crippen molar-refractivity contribution in [1.29, 1.82) is 0 Å². The molecule has 0 aliphatic rings. The van der Waals surface area contributed by atoms with Gasteiger partial charge in [-0.1, -0.05) is 18.2 Å². The molecule has 0 aliphatic carbocycles. The molecule has 0 aliphatic heterocycles. The lowest BCUT2D eigenvalue weighted by molar-refractivity contribution is -0.116. The number of benzene rings is 3. The fourth-order valence-electron chi connectivity index (χ4n) is 3.27. The van der Waals surface area contributed by atoms with Gasteiger partial charge in [0, 0.05) is 17.7 Å². The van der Waals surface area contributed by atoms with Gasteiger partial charge in [0.15, 0.2) is 15.4 Å². The largest absolute Gasteiger partial charge is 0.497 e. The second-order valence-electron chi connectivity index (χ2n) is 7.21. The summed E-state index contributed by atoms with van der Waals surface area (Å²) >= 11 is 0. The molecule has 7 nitrogen and oxygen atoms in total. The van der Waals surface area contributed by atoms with Gasteiger partial charge in [0.05, 0.1) is 17.8 Å². The van der Waals surface area contributed by atoms with Gasteiger partial charge in [-0.2, -0.15) is 0 Å². The number of ether oxygens (including phenoxy) is 1. The Morgan fingerprint density at radius 3 is 2.56 bits per heavy atom. The Morgan fingerprint density at radius 2 is 1.81 bits per heavy atom. The van der Waals surface area contributed by atoms with Crippen molar-refractivity contribution in [2.45, 2.75) is 17.7 Å². The SMILES string of the molecule is COc1ccc(S(=O)(=O)CCCC(=O)Nc2cccc(-c3nc4ccccc4o3)c2)cc1. The minimum Gasteiger partial charge on any atom is -0.497 e. The smallest absolute Gasteiger partial charge is 0.227 e. The van der Waals surface area contributed by atoms with Crippen molar-refractivity contribution in [1.82, 2.24) is 4.98 Å². The van der Waals surface area contributed by atoms with Gasteiger partial charge in [-0.15, -0.1) is 0 Å². The Hall–Kier alpha value is -3.65. The van der Waals surface area contributed by atoms with E-state index in [1.807, 2.05) is 30.3 Å². The molecule has 0 unspecified atom stereocenters. The zero-order valence-corrected chi connectivity index (χ0v) is 18.3. The maximum Gasteiger partial charge on any atom is 0.227 e. The van der Waals surface area contributed by atoms with Gasteiger partial charge in [0.1, 0.15) is 11.3 Å². The average molecular weight is 451 g/mol. The number of amides is 1. The monoisotopic (exact) mass is 450 g/mol. The second kappa shape index (κ2) is 9.23. The lowest BCUT2D eigenvalue weighted by atomic mass is 10.2. The summed E-state index contributed by atoms with van der Waals surface area (Å²) in [5, 5.41) is 2.81. The van der Waals surface area contributed by atoms with Crippen LogP contribution in [0.1, 0.15) is 12.8 Å². The third-order valence-corrected chi connectivity index (χ3v) is 6.74. The Kier molecular flexibility index (Phi) is 6.23. The number of carbonyl (C=O) groups is 1. The predicted octanol–water partition coefficient (Wildman–Crippen LogP) is 4.70. The number of nitrogens with zero attached hydrogens (tertiary/aromatic N) is 1. The van der Waals surface area contributed by atoms with Crippen LogP contribution < -0.4 is 10.1 Å². The summed E-state index contributed by atoms with van der Waals surface area (Å²) in [6.07, 6.45) is 0.299. The molecule has 0 radical (unpaired) electrons. The van der Waals surface area contributed by atoms with Crippen molar-refractivity contribution in [2.24, 2.45) is 0 Å². The molecule has 8 heteroatoms. The molecule has 1 N–H and O–H groups in total. The molecule has 3 aromatic carbocycles. The molecular formula is C24H22N2O5S. The first-order valence-corrected chi connectivity index (χ1v) is 11.7.